The largest absolute Gasteiger partial charge is 0.379 e. The van der Waals surface area contributed by atoms with Crippen LogP contribution in [0.1, 0.15) is 18.9 Å². The highest BCUT2D eigenvalue weighted by atomic mass is 16.5. The van der Waals surface area contributed by atoms with Crippen molar-refractivity contribution < 1.29 is 9.47 Å². The zero-order chi connectivity index (χ0) is 14.7. The summed E-state index contributed by atoms with van der Waals surface area (Å²) in [4.78, 5) is 2.11. The van der Waals surface area contributed by atoms with Crippen molar-refractivity contribution in [1.29, 1.82) is 0 Å². The Morgan fingerprint density at radius 2 is 2.10 bits per heavy atom. The normalized spacial score (nSPS) is 25.1. The van der Waals surface area contributed by atoms with Crippen molar-refractivity contribution in [2.75, 3.05) is 38.0 Å². The Morgan fingerprint density at radius 1 is 1.35 bits per heavy atom. The Hall–Kier alpha value is -1.26. The summed E-state index contributed by atoms with van der Waals surface area (Å²) in [5.41, 5.74) is 3.65. The number of aryl methyl sites for hydroxylation is 1. The van der Waals surface area contributed by atoms with Crippen molar-refractivity contribution in [2.45, 2.75) is 38.5 Å². The van der Waals surface area contributed by atoms with Gasteiger partial charge < -0.3 is 19.7 Å². The van der Waals surface area contributed by atoms with Gasteiger partial charge in [0, 0.05) is 39.2 Å². The molecular weight excluding hydrogens is 252 g/mol. The molecule has 1 aromatic carbocycles. The van der Waals surface area contributed by atoms with Crippen LogP contribution in [0.15, 0.2) is 18.2 Å². The monoisotopic (exact) mass is 278 g/mol. The third kappa shape index (κ3) is 3.07. The molecule has 0 spiro atoms. The number of methoxy groups -OCH3 is 1. The third-order valence-electron chi connectivity index (χ3n) is 3.97. The number of benzene rings is 1. The molecular formula is C16H26N2O2. The molecule has 4 heteroatoms. The van der Waals surface area contributed by atoms with E-state index < -0.39 is 0 Å². The summed E-state index contributed by atoms with van der Waals surface area (Å²) in [6.45, 7) is 4.90. The van der Waals surface area contributed by atoms with Crippen LogP contribution >= 0.6 is 0 Å². The van der Waals surface area contributed by atoms with Gasteiger partial charge in [0.25, 0.3) is 0 Å². The van der Waals surface area contributed by atoms with Crippen molar-refractivity contribution in [3.63, 3.8) is 0 Å². The van der Waals surface area contributed by atoms with Crippen LogP contribution in [-0.4, -0.2) is 46.1 Å². The van der Waals surface area contributed by atoms with Gasteiger partial charge >= 0.3 is 0 Å². The van der Waals surface area contributed by atoms with Crippen LogP contribution in [0.2, 0.25) is 0 Å². The molecule has 1 N–H and O–H groups in total. The van der Waals surface area contributed by atoms with Crippen LogP contribution < -0.4 is 10.2 Å². The lowest BCUT2D eigenvalue weighted by molar-refractivity contribution is -0.118. The number of nitrogens with zero attached hydrogens (tertiary/aromatic N) is 1. The van der Waals surface area contributed by atoms with Crippen molar-refractivity contribution in [1.82, 2.24) is 0 Å². The summed E-state index contributed by atoms with van der Waals surface area (Å²) < 4.78 is 11.2. The summed E-state index contributed by atoms with van der Waals surface area (Å²) in [5.74, 6) is 0. The van der Waals surface area contributed by atoms with Gasteiger partial charge in [-0.15, -0.1) is 0 Å². The highest BCUT2D eigenvalue weighted by Crippen LogP contribution is 2.31. The van der Waals surface area contributed by atoms with Crippen molar-refractivity contribution >= 4 is 11.4 Å². The molecule has 1 aliphatic rings. The smallest absolute Gasteiger partial charge is 0.103 e. The van der Waals surface area contributed by atoms with Crippen molar-refractivity contribution in [2.24, 2.45) is 0 Å². The Kier molecular flexibility index (Phi) is 4.89. The number of rotatable bonds is 6. The standard InChI is InChI=1S/C16H26N2O2/c1-6-20-15-10-14(16(15)19-5)17-13-8-7-12(18(3)4)9-11(13)2/h7-9,14-17H,6,10H2,1-5H3. The van der Waals surface area contributed by atoms with Crippen LogP contribution in [0.5, 0.6) is 0 Å². The van der Waals surface area contributed by atoms with E-state index >= 15 is 0 Å². The molecule has 4 nitrogen and oxygen atoms in total. The highest BCUT2D eigenvalue weighted by molar-refractivity contribution is 5.60. The molecule has 1 aliphatic carbocycles. The van der Waals surface area contributed by atoms with Gasteiger partial charge in [0.2, 0.25) is 0 Å². The zero-order valence-corrected chi connectivity index (χ0v) is 13.1. The molecule has 3 atom stereocenters. The van der Waals surface area contributed by atoms with E-state index in [4.69, 9.17) is 9.47 Å². The zero-order valence-electron chi connectivity index (χ0n) is 13.1. The number of ether oxygens (including phenoxy) is 2. The molecule has 0 saturated heterocycles. The summed E-state index contributed by atoms with van der Waals surface area (Å²) in [6, 6.07) is 6.81. The van der Waals surface area contributed by atoms with Gasteiger partial charge in [-0.05, 0) is 44.0 Å². The Bertz CT molecular complexity index is 448. The summed E-state index contributed by atoms with van der Waals surface area (Å²) in [6.07, 6.45) is 1.37. The van der Waals surface area contributed by atoms with Gasteiger partial charge in [-0.1, -0.05) is 0 Å². The van der Waals surface area contributed by atoms with E-state index in [-0.39, 0.29) is 12.2 Å². The van der Waals surface area contributed by atoms with E-state index in [2.05, 4.69) is 49.4 Å². The first-order chi connectivity index (χ1) is 9.56. The second-order valence-corrected chi connectivity index (χ2v) is 5.57. The average Bonchev–Trinajstić information content (AvgIpc) is 2.39. The van der Waals surface area contributed by atoms with E-state index in [0.717, 1.165) is 13.0 Å². The molecule has 0 amide bonds. The summed E-state index contributed by atoms with van der Waals surface area (Å²) in [5, 5.41) is 3.58. The van der Waals surface area contributed by atoms with Crippen LogP contribution in [0.4, 0.5) is 11.4 Å². The minimum atomic E-state index is 0.142. The first kappa shape index (κ1) is 15.1. The molecule has 1 saturated carbocycles. The Balaban J connectivity index is 2.00. The quantitative estimate of drug-likeness (QED) is 0.867. The number of anilines is 2. The van der Waals surface area contributed by atoms with Crippen molar-refractivity contribution in [3.8, 4) is 0 Å². The summed E-state index contributed by atoms with van der Waals surface area (Å²) >= 11 is 0. The van der Waals surface area contributed by atoms with Gasteiger partial charge in [0.05, 0.1) is 12.1 Å². The second-order valence-electron chi connectivity index (χ2n) is 5.57. The fourth-order valence-electron chi connectivity index (χ4n) is 2.70. The first-order valence-corrected chi connectivity index (χ1v) is 7.25. The predicted octanol–water partition coefficient (Wildman–Crippen LogP) is 2.67. The molecule has 1 aromatic rings. The highest BCUT2D eigenvalue weighted by Gasteiger charge is 2.42. The van der Waals surface area contributed by atoms with Gasteiger partial charge in [0.1, 0.15) is 6.10 Å². The van der Waals surface area contributed by atoms with Gasteiger partial charge in [-0.2, -0.15) is 0 Å². The molecule has 0 radical (unpaired) electrons. The van der Waals surface area contributed by atoms with Crippen LogP contribution in [-0.2, 0) is 9.47 Å². The number of hydrogen-bond acceptors (Lipinski definition) is 4. The maximum absolute atomic E-state index is 5.66. The van der Waals surface area contributed by atoms with E-state index in [9.17, 15) is 0 Å². The minimum absolute atomic E-state index is 0.142. The number of nitrogens with one attached hydrogen (secondary N) is 1. The molecule has 3 unspecified atom stereocenters. The van der Waals surface area contributed by atoms with E-state index in [1.807, 2.05) is 6.92 Å². The minimum Gasteiger partial charge on any atom is -0.379 e. The first-order valence-electron chi connectivity index (χ1n) is 7.25. The number of hydrogen-bond donors (Lipinski definition) is 1. The molecule has 0 aliphatic heterocycles. The predicted molar refractivity (Wildman–Crippen MR) is 83.7 cm³/mol. The fraction of sp³-hybridized carbons (Fsp3) is 0.625. The topological polar surface area (TPSA) is 33.7 Å². The average molecular weight is 278 g/mol. The lowest BCUT2D eigenvalue weighted by atomic mass is 9.84. The lowest BCUT2D eigenvalue weighted by Crippen LogP contribution is -2.56. The molecule has 0 bridgehead atoms. The third-order valence-corrected chi connectivity index (χ3v) is 3.97. The van der Waals surface area contributed by atoms with Gasteiger partial charge in [-0.3, -0.25) is 0 Å². The fourth-order valence-corrected chi connectivity index (χ4v) is 2.70. The molecule has 0 aromatic heterocycles. The lowest BCUT2D eigenvalue weighted by Gasteiger charge is -2.44. The molecule has 112 valence electrons. The SMILES string of the molecule is CCOC1CC(Nc2ccc(N(C)C)cc2C)C1OC. The van der Waals surface area contributed by atoms with E-state index in [1.165, 1.54) is 16.9 Å². The van der Waals surface area contributed by atoms with E-state index in [0.29, 0.717) is 6.04 Å². The van der Waals surface area contributed by atoms with Crippen molar-refractivity contribution in [3.05, 3.63) is 23.8 Å². The molecule has 1 fully saturated rings. The Morgan fingerprint density at radius 3 is 2.65 bits per heavy atom. The molecule has 20 heavy (non-hydrogen) atoms. The van der Waals surface area contributed by atoms with Crippen LogP contribution in [0.25, 0.3) is 0 Å². The molecule has 0 heterocycles. The van der Waals surface area contributed by atoms with E-state index in [1.54, 1.807) is 7.11 Å². The molecule has 2 rings (SSSR count). The summed E-state index contributed by atoms with van der Waals surface area (Å²) in [7, 11) is 5.87. The maximum atomic E-state index is 5.66. The van der Waals surface area contributed by atoms with Crippen LogP contribution in [0.3, 0.4) is 0 Å². The Labute approximate surface area is 122 Å². The van der Waals surface area contributed by atoms with Crippen LogP contribution in [0, 0.1) is 6.92 Å². The van der Waals surface area contributed by atoms with Gasteiger partial charge in [0.15, 0.2) is 0 Å². The maximum Gasteiger partial charge on any atom is 0.103 e. The van der Waals surface area contributed by atoms with Gasteiger partial charge in [-0.25, -0.2) is 0 Å². The second kappa shape index (κ2) is 6.46.